The Balaban J connectivity index is 1.85. The topological polar surface area (TPSA) is 90.5 Å². The van der Waals surface area contributed by atoms with Crippen molar-refractivity contribution in [3.05, 3.63) is 46.8 Å². The quantitative estimate of drug-likeness (QED) is 0.617. The highest BCUT2D eigenvalue weighted by atomic mass is 19.3. The molecule has 1 amide bonds. The molecular formula is C14H12F2N4O4. The van der Waals surface area contributed by atoms with Crippen molar-refractivity contribution in [1.82, 2.24) is 9.78 Å². The second-order valence-corrected chi connectivity index (χ2v) is 5.08. The van der Waals surface area contributed by atoms with Gasteiger partial charge >= 0.3 is 12.3 Å². The van der Waals surface area contributed by atoms with Gasteiger partial charge in [0.25, 0.3) is 5.91 Å². The van der Waals surface area contributed by atoms with Crippen molar-refractivity contribution in [1.29, 1.82) is 0 Å². The van der Waals surface area contributed by atoms with Crippen LogP contribution in [-0.4, -0.2) is 33.8 Å². The van der Waals surface area contributed by atoms with Crippen LogP contribution in [0.1, 0.15) is 12.5 Å². The van der Waals surface area contributed by atoms with E-state index in [4.69, 9.17) is 0 Å². The maximum Gasteiger partial charge on any atom is 0.387 e. The van der Waals surface area contributed by atoms with E-state index < -0.39 is 23.5 Å². The van der Waals surface area contributed by atoms with E-state index >= 15 is 0 Å². The zero-order chi connectivity index (χ0) is 17.3. The van der Waals surface area contributed by atoms with Crippen LogP contribution in [0.5, 0.6) is 5.75 Å². The Bertz CT molecular complexity index is 780. The first kappa shape index (κ1) is 15.8. The highest BCUT2D eigenvalue weighted by molar-refractivity contribution is 5.99. The fourth-order valence-electron chi connectivity index (χ4n) is 2.62. The molecule has 0 N–H and O–H groups in total. The standard InChI is InChI=1S/C14H12F2N4O4/c15-14(16)24-12-4-2-1-3-10(12)18-6-5-11(13(18)21)19-8-9(7-17-19)20(22)23/h1-4,7-8,11,14H,5-6H2/t11-/m1/s1. The molecule has 3 rings (SSSR count). The largest absolute Gasteiger partial charge is 0.433 e. The third-order valence-electron chi connectivity index (χ3n) is 3.67. The van der Waals surface area contributed by atoms with Crippen molar-refractivity contribution in [2.75, 3.05) is 11.4 Å². The van der Waals surface area contributed by atoms with Crippen molar-refractivity contribution in [3.63, 3.8) is 0 Å². The molecule has 1 atom stereocenters. The van der Waals surface area contributed by atoms with Crippen LogP contribution >= 0.6 is 0 Å². The summed E-state index contributed by atoms with van der Waals surface area (Å²) in [6, 6.07) is 5.26. The summed E-state index contributed by atoms with van der Waals surface area (Å²) < 4.78 is 30.7. The van der Waals surface area contributed by atoms with Gasteiger partial charge in [-0.1, -0.05) is 12.1 Å². The number of alkyl halides is 2. The Labute approximate surface area is 134 Å². The molecule has 1 aromatic carbocycles. The molecule has 10 heteroatoms. The van der Waals surface area contributed by atoms with Crippen LogP contribution in [0.25, 0.3) is 0 Å². The summed E-state index contributed by atoms with van der Waals surface area (Å²) in [6.07, 6.45) is 2.58. The first-order valence-electron chi connectivity index (χ1n) is 7.01. The van der Waals surface area contributed by atoms with E-state index in [1.165, 1.54) is 34.0 Å². The first-order valence-corrected chi connectivity index (χ1v) is 7.01. The summed E-state index contributed by atoms with van der Waals surface area (Å²) in [4.78, 5) is 24.0. The number of nitrogens with zero attached hydrogens (tertiary/aromatic N) is 4. The summed E-state index contributed by atoms with van der Waals surface area (Å²) in [5.74, 6) is -0.494. The monoisotopic (exact) mass is 338 g/mol. The van der Waals surface area contributed by atoms with Gasteiger partial charge < -0.3 is 9.64 Å². The minimum Gasteiger partial charge on any atom is -0.433 e. The number of amides is 1. The van der Waals surface area contributed by atoms with Gasteiger partial charge in [0, 0.05) is 6.54 Å². The van der Waals surface area contributed by atoms with Gasteiger partial charge in [-0.2, -0.15) is 13.9 Å². The van der Waals surface area contributed by atoms with E-state index in [-0.39, 0.29) is 23.7 Å². The second-order valence-electron chi connectivity index (χ2n) is 5.08. The van der Waals surface area contributed by atoms with Gasteiger partial charge in [-0.15, -0.1) is 0 Å². The van der Waals surface area contributed by atoms with E-state index in [1.54, 1.807) is 6.07 Å². The number of nitro groups is 1. The van der Waals surface area contributed by atoms with E-state index in [0.717, 1.165) is 6.20 Å². The lowest BCUT2D eigenvalue weighted by Gasteiger charge is -2.20. The van der Waals surface area contributed by atoms with Crippen LogP contribution in [-0.2, 0) is 4.79 Å². The van der Waals surface area contributed by atoms with Crippen LogP contribution in [0.3, 0.4) is 0 Å². The molecule has 1 aliphatic heterocycles. The van der Waals surface area contributed by atoms with E-state index in [2.05, 4.69) is 9.84 Å². The number of anilines is 1. The Morgan fingerprint density at radius 1 is 1.38 bits per heavy atom. The number of benzene rings is 1. The highest BCUT2D eigenvalue weighted by Crippen LogP contribution is 2.35. The SMILES string of the molecule is O=C1[C@H](n2cc([N+](=O)[O-])cn2)CCN1c1ccccc1OC(F)F. The molecule has 0 radical (unpaired) electrons. The molecule has 24 heavy (non-hydrogen) atoms. The maximum absolute atomic E-state index is 12.6. The fourth-order valence-corrected chi connectivity index (χ4v) is 2.62. The van der Waals surface area contributed by atoms with E-state index in [9.17, 15) is 23.7 Å². The van der Waals surface area contributed by atoms with E-state index in [0.29, 0.717) is 6.42 Å². The number of rotatable bonds is 5. The predicted molar refractivity (Wildman–Crippen MR) is 78.0 cm³/mol. The summed E-state index contributed by atoms with van der Waals surface area (Å²) in [6.45, 7) is -2.74. The molecule has 0 unspecified atom stereocenters. The van der Waals surface area contributed by atoms with Crippen LogP contribution in [0, 0.1) is 10.1 Å². The number of aromatic nitrogens is 2. The van der Waals surface area contributed by atoms with Crippen LogP contribution in [0.2, 0.25) is 0 Å². The summed E-state index contributed by atoms with van der Waals surface area (Å²) in [5.41, 5.74) is 0.00893. The number of para-hydroxylation sites is 2. The lowest BCUT2D eigenvalue weighted by Crippen LogP contribution is -2.29. The molecule has 2 heterocycles. The zero-order valence-corrected chi connectivity index (χ0v) is 12.2. The van der Waals surface area contributed by atoms with Crippen molar-refractivity contribution in [2.45, 2.75) is 19.1 Å². The third-order valence-corrected chi connectivity index (χ3v) is 3.67. The Morgan fingerprint density at radius 2 is 2.12 bits per heavy atom. The molecule has 1 aromatic heterocycles. The number of ether oxygens (including phenoxy) is 1. The van der Waals surface area contributed by atoms with Crippen LogP contribution in [0.4, 0.5) is 20.2 Å². The number of carbonyl (C=O) groups is 1. The summed E-state index contributed by atoms with van der Waals surface area (Å²) in [5, 5.41) is 14.6. The van der Waals surface area contributed by atoms with Gasteiger partial charge in [0.1, 0.15) is 24.2 Å². The lowest BCUT2D eigenvalue weighted by atomic mass is 10.2. The van der Waals surface area contributed by atoms with Crippen molar-refractivity contribution >= 4 is 17.3 Å². The van der Waals surface area contributed by atoms with Crippen molar-refractivity contribution in [3.8, 4) is 5.75 Å². The number of hydrogen-bond donors (Lipinski definition) is 0. The van der Waals surface area contributed by atoms with E-state index in [1.807, 2.05) is 0 Å². The summed E-state index contributed by atoms with van der Waals surface area (Å²) in [7, 11) is 0. The number of carbonyl (C=O) groups excluding carboxylic acids is 1. The molecule has 0 aliphatic carbocycles. The predicted octanol–water partition coefficient (Wildman–Crippen LogP) is 2.37. The molecule has 1 fully saturated rings. The average molecular weight is 338 g/mol. The second kappa shape index (κ2) is 6.22. The Kier molecular flexibility index (Phi) is 4.11. The van der Waals surface area contributed by atoms with Crippen LogP contribution in [0.15, 0.2) is 36.7 Å². The fraction of sp³-hybridized carbons (Fsp3) is 0.286. The molecule has 126 valence electrons. The number of halogens is 2. The van der Waals surface area contributed by atoms with Gasteiger partial charge in [-0.05, 0) is 18.6 Å². The Hall–Kier alpha value is -3.04. The molecular weight excluding hydrogens is 326 g/mol. The molecule has 1 aliphatic rings. The normalized spacial score (nSPS) is 17.5. The lowest BCUT2D eigenvalue weighted by molar-refractivity contribution is -0.385. The number of hydrogen-bond acceptors (Lipinski definition) is 5. The summed E-state index contributed by atoms with van der Waals surface area (Å²) >= 11 is 0. The minimum atomic E-state index is -3.01. The molecule has 1 saturated heterocycles. The van der Waals surface area contributed by atoms with Crippen LogP contribution < -0.4 is 9.64 Å². The van der Waals surface area contributed by atoms with Gasteiger partial charge in [0.2, 0.25) is 0 Å². The smallest absolute Gasteiger partial charge is 0.387 e. The van der Waals surface area contributed by atoms with Crippen molar-refractivity contribution in [2.24, 2.45) is 0 Å². The molecule has 0 bridgehead atoms. The molecule has 0 spiro atoms. The zero-order valence-electron chi connectivity index (χ0n) is 12.2. The van der Waals surface area contributed by atoms with Gasteiger partial charge in [-0.3, -0.25) is 19.6 Å². The van der Waals surface area contributed by atoms with Gasteiger partial charge in [-0.25, -0.2) is 0 Å². The minimum absolute atomic E-state index is 0.104. The molecule has 0 saturated carbocycles. The average Bonchev–Trinajstić information content (AvgIpc) is 3.14. The first-order chi connectivity index (χ1) is 11.5. The van der Waals surface area contributed by atoms with Gasteiger partial charge in [0.05, 0.1) is 10.6 Å². The highest BCUT2D eigenvalue weighted by Gasteiger charge is 2.36. The van der Waals surface area contributed by atoms with Crippen molar-refractivity contribution < 1.29 is 23.2 Å². The van der Waals surface area contributed by atoms with Gasteiger partial charge in [0.15, 0.2) is 0 Å². The molecule has 2 aromatic rings. The molecule has 8 nitrogen and oxygen atoms in total. The Morgan fingerprint density at radius 3 is 2.79 bits per heavy atom. The maximum atomic E-state index is 12.6. The third kappa shape index (κ3) is 2.90.